The number of aliphatic hydroxyl groups is 1. The zero-order chi connectivity index (χ0) is 14.0. The number of hydrogen-bond acceptors (Lipinski definition) is 3. The van der Waals surface area contributed by atoms with Gasteiger partial charge in [0.25, 0.3) is 0 Å². The van der Waals surface area contributed by atoms with E-state index in [1.165, 1.54) is 6.42 Å². The first-order valence-electron chi connectivity index (χ1n) is 7.00. The molecule has 2 N–H and O–H groups in total. The van der Waals surface area contributed by atoms with E-state index in [0.29, 0.717) is 24.6 Å². The van der Waals surface area contributed by atoms with Gasteiger partial charge < -0.3 is 15.2 Å². The molecule has 1 aliphatic rings. The molecule has 19 heavy (non-hydrogen) atoms. The van der Waals surface area contributed by atoms with E-state index >= 15 is 0 Å². The van der Waals surface area contributed by atoms with Crippen LogP contribution in [0, 0.1) is 19.3 Å². The molecule has 0 aromatic heterocycles. The molecule has 0 amide bonds. The van der Waals surface area contributed by atoms with Crippen LogP contribution in [0.1, 0.15) is 31.4 Å². The van der Waals surface area contributed by atoms with Gasteiger partial charge in [0.15, 0.2) is 0 Å². The number of rotatable bonds is 6. The van der Waals surface area contributed by atoms with Crippen molar-refractivity contribution in [3.05, 3.63) is 29.3 Å². The highest BCUT2D eigenvalue weighted by molar-refractivity contribution is 5.39. The Labute approximate surface area is 116 Å². The maximum Gasteiger partial charge on any atom is 0.125 e. The minimum atomic E-state index is -0.463. The van der Waals surface area contributed by atoms with Crippen LogP contribution in [-0.2, 0) is 0 Å². The number of aliphatic hydroxyl groups excluding tert-OH is 1. The highest BCUT2D eigenvalue weighted by Gasteiger charge is 2.45. The summed E-state index contributed by atoms with van der Waals surface area (Å²) < 4.78 is 5.74. The number of nitrogens with one attached hydrogen (secondary N) is 1. The smallest absolute Gasteiger partial charge is 0.125 e. The van der Waals surface area contributed by atoms with Gasteiger partial charge in [-0.05, 0) is 36.8 Å². The van der Waals surface area contributed by atoms with Crippen molar-refractivity contribution in [2.45, 2.75) is 46.3 Å². The van der Waals surface area contributed by atoms with Crippen molar-refractivity contribution in [1.29, 1.82) is 0 Å². The molecular weight excluding hydrogens is 238 g/mol. The molecular formula is C16H25NO2. The molecule has 3 heteroatoms. The summed E-state index contributed by atoms with van der Waals surface area (Å²) in [7, 11) is 0. The van der Waals surface area contributed by atoms with E-state index in [1.807, 2.05) is 32.0 Å². The average Bonchev–Trinajstić information content (AvgIpc) is 2.94. The highest BCUT2D eigenvalue weighted by Crippen LogP contribution is 2.44. The van der Waals surface area contributed by atoms with Gasteiger partial charge in [0.1, 0.15) is 18.5 Å². The van der Waals surface area contributed by atoms with E-state index in [2.05, 4.69) is 19.2 Å². The van der Waals surface area contributed by atoms with Gasteiger partial charge in [-0.15, -0.1) is 0 Å². The fourth-order valence-corrected chi connectivity index (χ4v) is 2.36. The fourth-order valence-electron chi connectivity index (χ4n) is 2.36. The van der Waals surface area contributed by atoms with E-state index in [0.717, 1.165) is 16.9 Å². The Kier molecular flexibility index (Phi) is 4.16. The van der Waals surface area contributed by atoms with E-state index in [1.54, 1.807) is 0 Å². The molecule has 0 heterocycles. The monoisotopic (exact) mass is 263 g/mol. The van der Waals surface area contributed by atoms with E-state index < -0.39 is 6.10 Å². The predicted molar refractivity (Wildman–Crippen MR) is 77.6 cm³/mol. The molecule has 0 spiro atoms. The Balaban J connectivity index is 1.76. The number of aryl methyl sites for hydroxylation is 2. The maximum atomic E-state index is 9.95. The molecule has 3 nitrogen and oxygen atoms in total. The summed E-state index contributed by atoms with van der Waals surface area (Å²) in [6.07, 6.45) is 0.729. The standard InChI is InChI=1S/C16H25NO2/c1-11-6-5-7-12(2)15(11)19-10-13(18)9-17-14-8-16(14,3)4/h5-7,13-14,17-18H,8-10H2,1-4H3. The lowest BCUT2D eigenvalue weighted by Crippen LogP contribution is -2.34. The molecule has 2 unspecified atom stereocenters. The van der Waals surface area contributed by atoms with E-state index in [-0.39, 0.29) is 0 Å². The van der Waals surface area contributed by atoms with Gasteiger partial charge >= 0.3 is 0 Å². The first kappa shape index (κ1) is 14.4. The topological polar surface area (TPSA) is 41.5 Å². The fraction of sp³-hybridized carbons (Fsp3) is 0.625. The minimum Gasteiger partial charge on any atom is -0.490 e. The third kappa shape index (κ3) is 3.71. The van der Waals surface area contributed by atoms with Crippen molar-refractivity contribution < 1.29 is 9.84 Å². The Morgan fingerprint density at radius 2 is 1.95 bits per heavy atom. The van der Waals surface area contributed by atoms with Crippen LogP contribution in [-0.4, -0.2) is 30.4 Å². The Morgan fingerprint density at radius 3 is 2.47 bits per heavy atom. The first-order valence-corrected chi connectivity index (χ1v) is 7.00. The molecule has 0 aliphatic heterocycles. The van der Waals surface area contributed by atoms with Crippen LogP contribution in [0.15, 0.2) is 18.2 Å². The zero-order valence-electron chi connectivity index (χ0n) is 12.4. The number of ether oxygens (including phenoxy) is 1. The van der Waals surface area contributed by atoms with Crippen molar-refractivity contribution in [2.75, 3.05) is 13.2 Å². The molecule has 1 fully saturated rings. The largest absolute Gasteiger partial charge is 0.490 e. The molecule has 0 saturated heterocycles. The van der Waals surface area contributed by atoms with Gasteiger partial charge in [0.2, 0.25) is 0 Å². The number of benzene rings is 1. The summed E-state index contributed by atoms with van der Waals surface area (Å²) in [5.41, 5.74) is 2.62. The molecule has 1 aliphatic carbocycles. The van der Waals surface area contributed by atoms with Crippen molar-refractivity contribution >= 4 is 0 Å². The lowest BCUT2D eigenvalue weighted by Gasteiger charge is -2.16. The zero-order valence-corrected chi connectivity index (χ0v) is 12.4. The van der Waals surface area contributed by atoms with Crippen molar-refractivity contribution in [3.63, 3.8) is 0 Å². The molecule has 2 atom stereocenters. The summed E-state index contributed by atoms with van der Waals surface area (Å²) >= 11 is 0. The Bertz CT molecular complexity index is 422. The minimum absolute atomic E-state index is 0.339. The molecule has 1 saturated carbocycles. The van der Waals surface area contributed by atoms with Crippen LogP contribution in [0.25, 0.3) is 0 Å². The normalized spacial score (nSPS) is 22.1. The van der Waals surface area contributed by atoms with Crippen molar-refractivity contribution in [1.82, 2.24) is 5.32 Å². The first-order chi connectivity index (χ1) is 8.90. The Morgan fingerprint density at radius 1 is 1.37 bits per heavy atom. The maximum absolute atomic E-state index is 9.95. The van der Waals surface area contributed by atoms with Gasteiger partial charge in [0.05, 0.1) is 0 Å². The molecule has 1 aromatic carbocycles. The second kappa shape index (κ2) is 5.51. The van der Waals surface area contributed by atoms with Crippen LogP contribution < -0.4 is 10.1 Å². The third-order valence-electron chi connectivity index (χ3n) is 3.94. The summed E-state index contributed by atoms with van der Waals surface area (Å²) in [4.78, 5) is 0. The van der Waals surface area contributed by atoms with Crippen molar-refractivity contribution in [3.8, 4) is 5.75 Å². The van der Waals surface area contributed by atoms with Crippen LogP contribution >= 0.6 is 0 Å². The van der Waals surface area contributed by atoms with Gasteiger partial charge in [-0.25, -0.2) is 0 Å². The molecule has 106 valence electrons. The number of para-hydroxylation sites is 1. The predicted octanol–water partition coefficient (Wildman–Crippen LogP) is 2.43. The SMILES string of the molecule is Cc1cccc(C)c1OCC(O)CNC1CC1(C)C. The summed E-state index contributed by atoms with van der Waals surface area (Å²) in [6.45, 7) is 9.47. The lowest BCUT2D eigenvalue weighted by molar-refractivity contribution is 0.104. The summed E-state index contributed by atoms with van der Waals surface area (Å²) in [5.74, 6) is 0.897. The van der Waals surface area contributed by atoms with Crippen LogP contribution in [0.4, 0.5) is 0 Å². The molecule has 2 rings (SSSR count). The molecule has 0 bridgehead atoms. The van der Waals surface area contributed by atoms with Crippen LogP contribution in [0.3, 0.4) is 0 Å². The molecule has 1 aromatic rings. The van der Waals surface area contributed by atoms with Gasteiger partial charge in [-0.3, -0.25) is 0 Å². The quantitative estimate of drug-likeness (QED) is 0.828. The molecule has 0 radical (unpaired) electrons. The second-order valence-electron chi connectivity index (χ2n) is 6.34. The van der Waals surface area contributed by atoms with Crippen LogP contribution in [0.2, 0.25) is 0 Å². The van der Waals surface area contributed by atoms with E-state index in [4.69, 9.17) is 4.74 Å². The third-order valence-corrected chi connectivity index (χ3v) is 3.94. The van der Waals surface area contributed by atoms with E-state index in [9.17, 15) is 5.11 Å². The van der Waals surface area contributed by atoms with Crippen molar-refractivity contribution in [2.24, 2.45) is 5.41 Å². The second-order valence-corrected chi connectivity index (χ2v) is 6.34. The number of hydrogen-bond donors (Lipinski definition) is 2. The summed E-state index contributed by atoms with van der Waals surface area (Å²) in [5, 5.41) is 13.3. The highest BCUT2D eigenvalue weighted by atomic mass is 16.5. The van der Waals surface area contributed by atoms with Gasteiger partial charge in [-0.2, -0.15) is 0 Å². The Hall–Kier alpha value is -1.06. The van der Waals surface area contributed by atoms with Crippen LogP contribution in [0.5, 0.6) is 5.75 Å². The summed E-state index contributed by atoms with van der Waals surface area (Å²) in [6, 6.07) is 6.62. The van der Waals surface area contributed by atoms with Gasteiger partial charge in [0, 0.05) is 12.6 Å². The average molecular weight is 263 g/mol. The lowest BCUT2D eigenvalue weighted by atomic mass is 10.1. The van der Waals surface area contributed by atoms with Gasteiger partial charge in [-0.1, -0.05) is 32.0 Å².